The fourth-order valence-corrected chi connectivity index (χ4v) is 2.78. The van der Waals surface area contributed by atoms with Gasteiger partial charge in [-0.3, -0.25) is 0 Å². The highest BCUT2D eigenvalue weighted by Crippen LogP contribution is 2.31. The third kappa shape index (κ3) is 2.62. The van der Waals surface area contributed by atoms with Crippen LogP contribution in [0.4, 0.5) is 5.82 Å². The van der Waals surface area contributed by atoms with E-state index in [-0.39, 0.29) is 22.7 Å². The molecule has 104 valence electrons. The van der Waals surface area contributed by atoms with Gasteiger partial charge < -0.3 is 15.4 Å². The molecule has 0 aliphatic rings. The number of nitrogens with zero attached hydrogens (tertiary/aromatic N) is 3. The number of hydrogen-bond acceptors (Lipinski definition) is 5. The van der Waals surface area contributed by atoms with Crippen LogP contribution in [0.1, 0.15) is 38.8 Å². The number of nitrogens with one attached hydrogen (secondary N) is 1. The highest BCUT2D eigenvalue weighted by Gasteiger charge is 2.29. The Morgan fingerprint density at radius 1 is 1.58 bits per heavy atom. The Kier molecular flexibility index (Phi) is 4.16. The van der Waals surface area contributed by atoms with Crippen LogP contribution in [0.2, 0.25) is 0 Å². The van der Waals surface area contributed by atoms with E-state index in [1.807, 2.05) is 19.2 Å². The second-order valence-electron chi connectivity index (χ2n) is 4.66. The molecule has 0 aliphatic heterocycles. The number of imidazole rings is 1. The van der Waals surface area contributed by atoms with Crippen molar-refractivity contribution in [3.05, 3.63) is 27.4 Å². The van der Waals surface area contributed by atoms with Gasteiger partial charge >= 0.3 is 5.82 Å². The SMILES string of the molecule is CCCNC(C)C(C)c1nc2sccn2c1[N+](=O)[O-]. The van der Waals surface area contributed by atoms with Crippen molar-refractivity contribution in [3.8, 4) is 0 Å². The maximum absolute atomic E-state index is 11.3. The van der Waals surface area contributed by atoms with E-state index in [1.165, 1.54) is 11.3 Å². The van der Waals surface area contributed by atoms with E-state index >= 15 is 0 Å². The average Bonchev–Trinajstić information content (AvgIpc) is 2.93. The lowest BCUT2D eigenvalue weighted by molar-refractivity contribution is -0.391. The maximum Gasteiger partial charge on any atom is 0.352 e. The molecule has 0 amide bonds. The van der Waals surface area contributed by atoms with Gasteiger partial charge in [0.15, 0.2) is 0 Å². The van der Waals surface area contributed by atoms with Crippen LogP contribution in [0.5, 0.6) is 0 Å². The van der Waals surface area contributed by atoms with Crippen LogP contribution in [-0.2, 0) is 0 Å². The van der Waals surface area contributed by atoms with Gasteiger partial charge in [-0.25, -0.2) is 0 Å². The Balaban J connectivity index is 2.35. The van der Waals surface area contributed by atoms with E-state index in [2.05, 4.69) is 17.2 Å². The summed E-state index contributed by atoms with van der Waals surface area (Å²) in [4.78, 5) is 16.0. The van der Waals surface area contributed by atoms with Crippen molar-refractivity contribution in [2.45, 2.75) is 39.2 Å². The highest BCUT2D eigenvalue weighted by molar-refractivity contribution is 7.15. The van der Waals surface area contributed by atoms with E-state index in [0.29, 0.717) is 10.7 Å². The first-order valence-electron chi connectivity index (χ1n) is 6.39. The first kappa shape index (κ1) is 14.0. The van der Waals surface area contributed by atoms with Crippen LogP contribution in [0.25, 0.3) is 4.96 Å². The summed E-state index contributed by atoms with van der Waals surface area (Å²) in [5, 5.41) is 16.4. The fourth-order valence-electron chi connectivity index (χ4n) is 2.06. The highest BCUT2D eigenvalue weighted by atomic mass is 32.1. The lowest BCUT2D eigenvalue weighted by Gasteiger charge is -2.19. The molecule has 19 heavy (non-hydrogen) atoms. The molecule has 2 heterocycles. The third-order valence-electron chi connectivity index (χ3n) is 3.33. The summed E-state index contributed by atoms with van der Waals surface area (Å²) in [6, 6.07) is 0.156. The van der Waals surface area contributed by atoms with Crippen molar-refractivity contribution < 1.29 is 4.92 Å². The van der Waals surface area contributed by atoms with Gasteiger partial charge in [0.2, 0.25) is 0 Å². The average molecular weight is 282 g/mol. The van der Waals surface area contributed by atoms with Gasteiger partial charge in [-0.15, -0.1) is 0 Å². The van der Waals surface area contributed by atoms with Gasteiger partial charge in [0, 0.05) is 17.3 Å². The summed E-state index contributed by atoms with van der Waals surface area (Å²) in [5.41, 5.74) is 0.563. The van der Waals surface area contributed by atoms with Crippen LogP contribution in [0.3, 0.4) is 0 Å². The molecular formula is C12H18N4O2S. The molecule has 2 aromatic heterocycles. The van der Waals surface area contributed by atoms with E-state index in [4.69, 9.17) is 0 Å². The molecule has 6 nitrogen and oxygen atoms in total. The monoisotopic (exact) mass is 282 g/mol. The van der Waals surface area contributed by atoms with Gasteiger partial charge in [-0.1, -0.05) is 25.2 Å². The fraction of sp³-hybridized carbons (Fsp3) is 0.583. The maximum atomic E-state index is 11.3. The van der Waals surface area contributed by atoms with Crippen LogP contribution in [0, 0.1) is 10.1 Å². The minimum Gasteiger partial charge on any atom is -0.358 e. The number of aromatic nitrogens is 2. The standard InChI is InChI=1S/C12H18N4O2S/c1-4-5-13-9(3)8(2)10-11(16(17)18)15-6-7-19-12(15)14-10/h6-9,13H,4-5H2,1-3H3. The van der Waals surface area contributed by atoms with Gasteiger partial charge in [0.1, 0.15) is 11.9 Å². The van der Waals surface area contributed by atoms with Crippen molar-refractivity contribution in [2.75, 3.05) is 6.54 Å². The van der Waals surface area contributed by atoms with Crippen LogP contribution < -0.4 is 5.32 Å². The van der Waals surface area contributed by atoms with Gasteiger partial charge in [-0.05, 0) is 24.8 Å². The summed E-state index contributed by atoms with van der Waals surface area (Å²) in [6.07, 6.45) is 2.74. The molecule has 0 radical (unpaired) electrons. The topological polar surface area (TPSA) is 72.5 Å². The number of nitro groups is 1. The van der Waals surface area contributed by atoms with Crippen molar-refractivity contribution in [1.82, 2.24) is 14.7 Å². The zero-order valence-corrected chi connectivity index (χ0v) is 12.1. The Bertz CT molecular complexity index is 577. The predicted octanol–water partition coefficient (Wildman–Crippen LogP) is 2.80. The zero-order valence-electron chi connectivity index (χ0n) is 11.3. The number of hydrogen-bond donors (Lipinski definition) is 1. The van der Waals surface area contributed by atoms with Gasteiger partial charge in [0.05, 0.1) is 0 Å². The Labute approximate surface area is 115 Å². The molecule has 2 aromatic rings. The molecule has 0 bridgehead atoms. The molecule has 0 spiro atoms. The largest absolute Gasteiger partial charge is 0.358 e. The molecule has 2 rings (SSSR count). The van der Waals surface area contributed by atoms with Gasteiger partial charge in [0.25, 0.3) is 4.96 Å². The quantitative estimate of drug-likeness (QED) is 0.653. The van der Waals surface area contributed by atoms with E-state index in [9.17, 15) is 10.1 Å². The summed E-state index contributed by atoms with van der Waals surface area (Å²) in [5.74, 6) is 0.0907. The normalized spacial score (nSPS) is 14.7. The smallest absolute Gasteiger partial charge is 0.352 e. The molecule has 0 aliphatic carbocycles. The summed E-state index contributed by atoms with van der Waals surface area (Å²) < 4.78 is 1.56. The second-order valence-corrected chi connectivity index (χ2v) is 5.54. The minimum absolute atomic E-state index is 0.000880. The molecule has 0 saturated heterocycles. The Morgan fingerprint density at radius 2 is 2.32 bits per heavy atom. The lowest BCUT2D eigenvalue weighted by atomic mass is 9.99. The number of rotatable bonds is 6. The molecule has 2 unspecified atom stereocenters. The zero-order chi connectivity index (χ0) is 14.0. The number of thiazole rings is 1. The molecule has 1 N–H and O–H groups in total. The van der Waals surface area contributed by atoms with Crippen LogP contribution in [-0.4, -0.2) is 26.9 Å². The third-order valence-corrected chi connectivity index (χ3v) is 4.09. The summed E-state index contributed by atoms with van der Waals surface area (Å²) in [7, 11) is 0. The molecule has 0 aromatic carbocycles. The molecular weight excluding hydrogens is 264 g/mol. The lowest BCUT2D eigenvalue weighted by Crippen LogP contribution is -2.31. The van der Waals surface area contributed by atoms with E-state index in [0.717, 1.165) is 13.0 Å². The number of fused-ring (bicyclic) bond motifs is 1. The van der Waals surface area contributed by atoms with Crippen LogP contribution in [0.15, 0.2) is 11.6 Å². The van der Waals surface area contributed by atoms with Gasteiger partial charge in [-0.2, -0.15) is 9.38 Å². The predicted molar refractivity (Wildman–Crippen MR) is 75.9 cm³/mol. The summed E-state index contributed by atoms with van der Waals surface area (Å²) in [6.45, 7) is 7.02. The van der Waals surface area contributed by atoms with E-state index < -0.39 is 0 Å². The first-order valence-corrected chi connectivity index (χ1v) is 7.27. The van der Waals surface area contributed by atoms with Crippen molar-refractivity contribution in [2.24, 2.45) is 0 Å². The van der Waals surface area contributed by atoms with Crippen molar-refractivity contribution >= 4 is 22.1 Å². The molecule has 0 fully saturated rings. The Hall–Kier alpha value is -1.47. The molecule has 2 atom stereocenters. The minimum atomic E-state index is -0.342. The Morgan fingerprint density at radius 3 is 2.95 bits per heavy atom. The molecule has 0 saturated carbocycles. The molecule has 7 heteroatoms. The van der Waals surface area contributed by atoms with Crippen molar-refractivity contribution in [1.29, 1.82) is 0 Å². The first-order chi connectivity index (χ1) is 9.06. The van der Waals surface area contributed by atoms with E-state index in [1.54, 1.807) is 10.6 Å². The summed E-state index contributed by atoms with van der Waals surface area (Å²) >= 11 is 1.41. The van der Waals surface area contributed by atoms with Crippen molar-refractivity contribution in [3.63, 3.8) is 0 Å². The second kappa shape index (κ2) is 5.66. The van der Waals surface area contributed by atoms with Crippen LogP contribution >= 0.6 is 11.3 Å².